The molecule has 17 rings (SSSR count). The molecule has 604 valence electrons. The largest absolute Gasteiger partial charge is 0.445 e. The third-order valence-electron chi connectivity index (χ3n) is 26.2. The molecule has 10 N–H and O–H groups in total. The Kier molecular flexibility index (Phi) is 18.0. The summed E-state index contributed by atoms with van der Waals surface area (Å²) in [5.74, 6) is -11.3. The first kappa shape index (κ1) is 76.0. The first-order valence-electron chi connectivity index (χ1n) is 38.7. The second-order valence-electron chi connectivity index (χ2n) is 32.9. The van der Waals surface area contributed by atoms with Gasteiger partial charge in [-0.05, 0) is 46.0 Å². The molecule has 12 aliphatic heterocycles. The van der Waals surface area contributed by atoms with Crippen molar-refractivity contribution in [2.45, 2.75) is 166 Å². The molecule has 12 fully saturated rings. The fourth-order valence-electron chi connectivity index (χ4n) is 20.2. The number of ether oxygens (including phenoxy) is 1. The minimum atomic E-state index is -2.05. The Labute approximate surface area is 661 Å². The van der Waals surface area contributed by atoms with Crippen LogP contribution in [0.25, 0.3) is 21.5 Å². The average molecular weight is 1590 g/mol. The van der Waals surface area contributed by atoms with E-state index in [0.29, 0.717) is 11.3 Å². The highest BCUT2D eigenvalue weighted by atomic mass is 16.6. The fraction of sp³-hybridized carbons (Fsp3) is 0.468. The number of imidazole rings is 1. The SMILES string of the molecule is C=CCOC(=O)N1C[C@@]2(C[C@H]1C(=O)N[C@@H](Cc1cccc3ccccc13)C(C)=O)C(=O)N1C[C@]3(CC1C(=O)N2Cc1cccc2ccccc12)NC(=O)C1C[C@@]2(CN1C3=O)NC(=O)[C@@H](CCNC(=O)[C@@H]1C[C@]3(CN1C(C)=O)C(=O)N1C[C@]4(C[C@H]1C(=O)N3Cc1cncn1C)NC(=O)[C@@H]1C[C@@]3(CN1C4=O)NC(=O)[C@H](CN)NC3=O)NC2=O. The lowest BCUT2D eigenvalue weighted by atomic mass is 9.85. The molecule has 37 heteroatoms. The Balaban J connectivity index is 0.585. The van der Waals surface area contributed by atoms with Crippen LogP contribution >= 0.6 is 0 Å². The van der Waals surface area contributed by atoms with Crippen LogP contribution in [0.4, 0.5) is 4.79 Å². The predicted molar refractivity (Wildman–Crippen MR) is 401 cm³/mol. The van der Waals surface area contributed by atoms with Gasteiger partial charge in [0.2, 0.25) is 65.0 Å². The summed E-state index contributed by atoms with van der Waals surface area (Å²) >= 11 is 0. The lowest BCUT2D eigenvalue weighted by Crippen LogP contribution is -2.72. The number of aryl methyl sites for hydroxylation is 1. The molecule has 2 unspecified atom stereocenters. The second kappa shape index (κ2) is 27.5. The van der Waals surface area contributed by atoms with Gasteiger partial charge in [0.05, 0.1) is 63.9 Å². The fourth-order valence-corrected chi connectivity index (χ4v) is 20.2. The molecule has 15 atom stereocenters. The number of aromatic nitrogens is 2. The van der Waals surface area contributed by atoms with Crippen LogP contribution < -0.4 is 48.3 Å². The van der Waals surface area contributed by atoms with Crippen LogP contribution in [0.2, 0.25) is 0 Å². The topological polar surface area (TPSA) is 465 Å². The van der Waals surface area contributed by atoms with E-state index in [-0.39, 0.29) is 52.0 Å². The van der Waals surface area contributed by atoms with Gasteiger partial charge in [-0.25, -0.2) is 9.78 Å². The molecule has 1 aromatic heterocycles. The number of hydrogen-bond acceptors (Lipinski definition) is 20. The molecule has 6 spiro atoms. The Bertz CT molecular complexity index is 5240. The quantitative estimate of drug-likeness (QED) is 0.0419. The van der Waals surface area contributed by atoms with Crippen molar-refractivity contribution >= 4 is 122 Å². The standard InChI is InChI=1S/C79H85N19O18/c1-5-22-116-73(115)96-39-79(29-56(96)62(104)83-51(41(2)99)23-45-16-10-14-43-12-6-8-18-48(43)45)72(114)94-36-76(26-57(94)65(107)97(79)32-46-17-11-15-44-13-7-9-19-49(44)46)69(111)92-34-74(24-53(92)63(105)88-76)67(109)84-50(59(101)86-74)20-21-82-61(103)55-28-78(38-91(55)42(3)100)71(113)95-37-77(27-58(95)66(108)98(78)33-47-31-81-40-90(47)4)70(112)93-35-75(25-54(93)64(106)89-77)68(110)85-52(30-80)60(102)87-75/h5-19,31,40,50-58H,1,20-30,32-39,80H2,2-4H3,(H,82,103)(H,83,104)(H,84,109)(H,85,110)(H,86,101)(H,87,102)(H,88,105)(H,89,106)/t50-,51+,52+,53?,54+,55+,56+,57?,58+,74+,75+,76+,77+,78+,79+/m1/s1. The summed E-state index contributed by atoms with van der Waals surface area (Å²) in [6, 6.07) is 14.1. The molecular weight excluding hydrogens is 1500 g/mol. The van der Waals surface area contributed by atoms with Crippen molar-refractivity contribution in [1.29, 1.82) is 0 Å². The number of piperazine rings is 6. The average Bonchev–Trinajstić information content (AvgIpc) is 1.54. The zero-order valence-electron chi connectivity index (χ0n) is 63.6. The van der Waals surface area contributed by atoms with Crippen LogP contribution in [0, 0.1) is 0 Å². The summed E-state index contributed by atoms with van der Waals surface area (Å²) in [6.45, 7) is 1.69. The molecule has 16 amide bonds. The number of rotatable bonds is 16. The van der Waals surface area contributed by atoms with Crippen molar-refractivity contribution in [3.8, 4) is 0 Å². The Morgan fingerprint density at radius 3 is 1.57 bits per heavy atom. The first-order chi connectivity index (χ1) is 55.4. The van der Waals surface area contributed by atoms with Crippen molar-refractivity contribution in [1.82, 2.24) is 91.3 Å². The molecular formula is C79H85N19O18. The van der Waals surface area contributed by atoms with Gasteiger partial charge < -0.3 is 91.9 Å². The van der Waals surface area contributed by atoms with Gasteiger partial charge in [0.25, 0.3) is 23.6 Å². The van der Waals surface area contributed by atoms with Crippen molar-refractivity contribution in [3.63, 3.8) is 0 Å². The van der Waals surface area contributed by atoms with E-state index >= 15 is 28.8 Å². The number of carbonyl (C=O) groups is 17. The molecule has 4 aromatic carbocycles. The molecule has 37 nitrogen and oxygen atoms in total. The van der Waals surface area contributed by atoms with Gasteiger partial charge in [-0.2, -0.15) is 0 Å². The number of nitrogens with one attached hydrogen (secondary N) is 8. The van der Waals surface area contributed by atoms with Crippen LogP contribution in [0.3, 0.4) is 0 Å². The number of carbonyl (C=O) groups excluding carboxylic acids is 17. The van der Waals surface area contributed by atoms with Gasteiger partial charge in [0.1, 0.15) is 88.2 Å². The highest BCUT2D eigenvalue weighted by molar-refractivity contribution is 6.12. The van der Waals surface area contributed by atoms with Gasteiger partial charge in [-0.1, -0.05) is 97.6 Å². The summed E-state index contributed by atoms with van der Waals surface area (Å²) in [5, 5.41) is 25.2. The van der Waals surface area contributed by atoms with Crippen LogP contribution in [-0.4, -0.2) is 296 Å². The maximum Gasteiger partial charge on any atom is 0.410 e. The molecule has 5 aromatic rings. The van der Waals surface area contributed by atoms with Gasteiger partial charge in [0.15, 0.2) is 5.78 Å². The van der Waals surface area contributed by atoms with Crippen molar-refractivity contribution < 1.29 is 86.2 Å². The van der Waals surface area contributed by atoms with E-state index in [4.69, 9.17) is 10.5 Å². The van der Waals surface area contributed by atoms with Crippen molar-refractivity contribution in [3.05, 3.63) is 127 Å². The summed E-state index contributed by atoms with van der Waals surface area (Å²) < 4.78 is 7.19. The Hall–Kier alpha value is -12.7. The van der Waals surface area contributed by atoms with Crippen molar-refractivity contribution in [2.75, 3.05) is 59.0 Å². The number of hydrogen-bond donors (Lipinski definition) is 9. The number of nitrogens with zero attached hydrogens (tertiary/aromatic N) is 10. The van der Waals surface area contributed by atoms with E-state index < -0.39 is 259 Å². The van der Waals surface area contributed by atoms with Gasteiger partial charge in [-0.3, -0.25) is 81.6 Å². The molecule has 13 heterocycles. The summed E-state index contributed by atoms with van der Waals surface area (Å²) in [6.07, 6.45) is 0.530. The van der Waals surface area contributed by atoms with Crippen LogP contribution in [0.5, 0.6) is 0 Å². The first-order valence-corrected chi connectivity index (χ1v) is 38.7. The molecule has 116 heavy (non-hydrogen) atoms. The van der Waals surface area contributed by atoms with Crippen molar-refractivity contribution in [2.24, 2.45) is 12.8 Å². The number of amides is 16. The van der Waals surface area contributed by atoms with Crippen LogP contribution in [-0.2, 0) is 108 Å². The zero-order valence-corrected chi connectivity index (χ0v) is 63.6. The third kappa shape index (κ3) is 11.7. The molecule has 12 aliphatic rings. The minimum absolute atomic E-state index is 0.0572. The highest BCUT2D eigenvalue weighted by Crippen LogP contribution is 2.50. The highest BCUT2D eigenvalue weighted by Gasteiger charge is 2.73. The monoisotopic (exact) mass is 1590 g/mol. The van der Waals surface area contributed by atoms with E-state index in [2.05, 4.69) is 54.1 Å². The predicted octanol–water partition coefficient (Wildman–Crippen LogP) is -4.76. The van der Waals surface area contributed by atoms with Gasteiger partial charge >= 0.3 is 6.09 Å². The van der Waals surface area contributed by atoms with Gasteiger partial charge in [0, 0.05) is 84.7 Å². The van der Waals surface area contributed by atoms with Gasteiger partial charge in [-0.15, -0.1) is 0 Å². The van der Waals surface area contributed by atoms with E-state index in [1.54, 1.807) is 23.7 Å². The number of Topliss-reactive ketones (excluding diaryl/α,β-unsaturated/α-hetero) is 1. The molecule has 0 saturated carbocycles. The third-order valence-corrected chi connectivity index (χ3v) is 26.2. The number of likely N-dealkylation sites (tertiary alicyclic amines) is 2. The van der Waals surface area contributed by atoms with E-state index in [9.17, 15) is 52.7 Å². The van der Waals surface area contributed by atoms with Crippen LogP contribution in [0.1, 0.15) is 75.6 Å². The second-order valence-corrected chi connectivity index (χ2v) is 32.9. The zero-order chi connectivity index (χ0) is 81.8. The summed E-state index contributed by atoms with van der Waals surface area (Å²) in [7, 11) is 1.66. The molecule has 0 radical (unpaired) electrons. The maximum absolute atomic E-state index is 16.1. The molecule has 12 saturated heterocycles. The number of fused-ring (bicyclic) bond motifs is 6. The summed E-state index contributed by atoms with van der Waals surface area (Å²) in [5.41, 5.74) is -4.02. The molecule has 0 aliphatic carbocycles. The number of ketones is 1. The smallest absolute Gasteiger partial charge is 0.410 e. The van der Waals surface area contributed by atoms with E-state index in [0.717, 1.165) is 41.8 Å². The summed E-state index contributed by atoms with van der Waals surface area (Å²) in [4.78, 5) is 263. The Morgan fingerprint density at radius 1 is 0.560 bits per heavy atom. The molecule has 0 bridgehead atoms. The van der Waals surface area contributed by atoms with E-state index in [1.807, 2.05) is 72.8 Å². The van der Waals surface area contributed by atoms with Crippen LogP contribution in [0.15, 0.2) is 110 Å². The lowest BCUT2D eigenvalue weighted by Gasteiger charge is -2.48. The van der Waals surface area contributed by atoms with E-state index in [1.165, 1.54) is 56.9 Å². The normalized spacial score (nSPS) is 32.0. The maximum atomic E-state index is 16.1. The minimum Gasteiger partial charge on any atom is -0.445 e. The lowest BCUT2D eigenvalue weighted by molar-refractivity contribution is -0.169. The number of nitrogens with two attached hydrogens (primary N) is 1. The Morgan fingerprint density at radius 2 is 1.03 bits per heavy atom. The number of benzene rings is 4.